The van der Waals surface area contributed by atoms with Crippen LogP contribution in [0.4, 0.5) is 0 Å². The third-order valence-corrected chi connectivity index (χ3v) is 6.37. The standard InChI is InChI=1S/C25H25N3O2/c1-17-22(29)15-26-28-24(17)18(2)27-13-14-30-16-21(27)25(28)23(19-9-5-3-6-10-19)20-11-7-4-8-12-20/h3-12,15,21,23,25H,2,13-14,16H2,1H3. The van der Waals surface area contributed by atoms with Crippen LogP contribution in [-0.2, 0) is 4.74 Å². The summed E-state index contributed by atoms with van der Waals surface area (Å²) in [5, 5.41) is 4.64. The van der Waals surface area contributed by atoms with E-state index in [9.17, 15) is 4.79 Å². The Morgan fingerprint density at radius 3 is 2.33 bits per heavy atom. The van der Waals surface area contributed by atoms with Gasteiger partial charge in [-0.15, -0.1) is 0 Å². The molecule has 0 saturated carbocycles. The Hall–Kier alpha value is -3.18. The molecule has 2 aliphatic heterocycles. The molecule has 0 N–H and O–H groups in total. The Labute approximate surface area is 176 Å². The molecular formula is C25H25N3O2. The van der Waals surface area contributed by atoms with Crippen LogP contribution in [-0.4, -0.2) is 40.5 Å². The molecule has 0 amide bonds. The maximum absolute atomic E-state index is 12.5. The van der Waals surface area contributed by atoms with E-state index in [-0.39, 0.29) is 23.4 Å². The fourth-order valence-electron chi connectivity index (χ4n) is 4.94. The van der Waals surface area contributed by atoms with Crippen LogP contribution in [0.2, 0.25) is 0 Å². The lowest BCUT2D eigenvalue weighted by Crippen LogP contribution is -2.55. The van der Waals surface area contributed by atoms with Crippen molar-refractivity contribution < 1.29 is 4.74 Å². The predicted octanol–water partition coefficient (Wildman–Crippen LogP) is 3.61. The molecule has 5 nitrogen and oxygen atoms in total. The summed E-state index contributed by atoms with van der Waals surface area (Å²) in [6.45, 7) is 8.25. The Kier molecular flexibility index (Phi) is 4.75. The summed E-state index contributed by atoms with van der Waals surface area (Å²) in [6.07, 6.45) is 1.44. The minimum Gasteiger partial charge on any atom is -0.377 e. The van der Waals surface area contributed by atoms with Gasteiger partial charge < -0.3 is 9.64 Å². The van der Waals surface area contributed by atoms with Crippen LogP contribution in [0.3, 0.4) is 0 Å². The van der Waals surface area contributed by atoms with Gasteiger partial charge in [-0.1, -0.05) is 67.2 Å². The maximum Gasteiger partial charge on any atom is 0.203 e. The first-order chi connectivity index (χ1) is 14.7. The second-order valence-corrected chi connectivity index (χ2v) is 8.00. The normalized spacial score (nSPS) is 20.7. The highest BCUT2D eigenvalue weighted by atomic mass is 16.5. The molecule has 1 aromatic heterocycles. The van der Waals surface area contributed by atoms with E-state index in [0.717, 1.165) is 17.9 Å². The van der Waals surface area contributed by atoms with Crippen molar-refractivity contribution in [2.75, 3.05) is 19.8 Å². The molecule has 0 radical (unpaired) electrons. The van der Waals surface area contributed by atoms with Gasteiger partial charge in [-0.3, -0.25) is 9.48 Å². The lowest BCUT2D eigenvalue weighted by Gasteiger charge is -2.50. The van der Waals surface area contributed by atoms with Gasteiger partial charge in [0.2, 0.25) is 5.43 Å². The van der Waals surface area contributed by atoms with Gasteiger partial charge in [0.1, 0.15) is 0 Å². The second-order valence-electron chi connectivity index (χ2n) is 8.00. The third kappa shape index (κ3) is 2.97. The molecule has 1 saturated heterocycles. The lowest BCUT2D eigenvalue weighted by atomic mass is 9.79. The van der Waals surface area contributed by atoms with E-state index in [2.05, 4.69) is 65.1 Å². The van der Waals surface area contributed by atoms with Crippen molar-refractivity contribution in [1.29, 1.82) is 0 Å². The number of benzene rings is 2. The molecule has 3 heterocycles. The van der Waals surface area contributed by atoms with Gasteiger partial charge in [-0.05, 0) is 18.1 Å². The quantitative estimate of drug-likeness (QED) is 0.675. The summed E-state index contributed by atoms with van der Waals surface area (Å²) in [7, 11) is 0. The molecule has 0 bridgehead atoms. The zero-order valence-electron chi connectivity index (χ0n) is 17.1. The highest BCUT2D eigenvalue weighted by molar-refractivity contribution is 5.64. The zero-order valence-corrected chi connectivity index (χ0v) is 17.1. The van der Waals surface area contributed by atoms with Gasteiger partial charge >= 0.3 is 0 Å². The molecule has 30 heavy (non-hydrogen) atoms. The Morgan fingerprint density at radius 1 is 1.07 bits per heavy atom. The van der Waals surface area contributed by atoms with Crippen molar-refractivity contribution in [2.24, 2.45) is 0 Å². The van der Waals surface area contributed by atoms with Crippen LogP contribution >= 0.6 is 0 Å². The minimum atomic E-state index is -0.0520. The summed E-state index contributed by atoms with van der Waals surface area (Å²) >= 11 is 0. The largest absolute Gasteiger partial charge is 0.377 e. The Balaban J connectivity index is 1.77. The van der Waals surface area contributed by atoms with Gasteiger partial charge in [0, 0.05) is 18.0 Å². The SMILES string of the molecule is C=C1c2c(C)c(=O)cnn2C(C(c2ccccc2)c2ccccc2)C2COCCN12. The van der Waals surface area contributed by atoms with Crippen molar-refractivity contribution in [1.82, 2.24) is 14.7 Å². The van der Waals surface area contributed by atoms with Crippen molar-refractivity contribution >= 4 is 5.70 Å². The van der Waals surface area contributed by atoms with Crippen LogP contribution in [0.5, 0.6) is 0 Å². The number of hydrogen-bond acceptors (Lipinski definition) is 4. The Morgan fingerprint density at radius 2 is 1.70 bits per heavy atom. The summed E-state index contributed by atoms with van der Waals surface area (Å²) < 4.78 is 7.95. The summed E-state index contributed by atoms with van der Waals surface area (Å²) in [5.74, 6) is 0.0582. The first kappa shape index (κ1) is 18.8. The van der Waals surface area contributed by atoms with Crippen LogP contribution in [0, 0.1) is 6.92 Å². The zero-order chi connectivity index (χ0) is 20.7. The molecule has 5 heteroatoms. The number of nitrogens with zero attached hydrogens (tertiary/aromatic N) is 3. The fraction of sp³-hybridized carbons (Fsp3) is 0.280. The van der Waals surface area contributed by atoms with Crippen LogP contribution in [0.1, 0.15) is 34.3 Å². The lowest BCUT2D eigenvalue weighted by molar-refractivity contribution is -0.0115. The topological polar surface area (TPSA) is 47.4 Å². The van der Waals surface area contributed by atoms with E-state index in [1.54, 1.807) is 0 Å². The third-order valence-electron chi connectivity index (χ3n) is 6.37. The van der Waals surface area contributed by atoms with Gasteiger partial charge in [-0.25, -0.2) is 0 Å². The number of ether oxygens (including phenoxy) is 1. The highest BCUT2D eigenvalue weighted by Gasteiger charge is 2.44. The molecule has 0 aliphatic carbocycles. The van der Waals surface area contributed by atoms with E-state index in [4.69, 9.17) is 4.74 Å². The van der Waals surface area contributed by atoms with Crippen molar-refractivity contribution in [3.63, 3.8) is 0 Å². The van der Waals surface area contributed by atoms with E-state index in [0.29, 0.717) is 18.8 Å². The number of aromatic nitrogens is 2. The highest BCUT2D eigenvalue weighted by Crippen LogP contribution is 2.45. The first-order valence-corrected chi connectivity index (χ1v) is 10.4. The van der Waals surface area contributed by atoms with Gasteiger partial charge in [-0.2, -0.15) is 5.10 Å². The van der Waals surface area contributed by atoms with Gasteiger partial charge in [0.05, 0.1) is 42.9 Å². The predicted molar refractivity (Wildman–Crippen MR) is 117 cm³/mol. The average molecular weight is 399 g/mol. The van der Waals surface area contributed by atoms with Crippen molar-refractivity contribution in [3.05, 3.63) is 106 Å². The van der Waals surface area contributed by atoms with Crippen LogP contribution in [0.15, 0.2) is 78.2 Å². The molecule has 2 aromatic carbocycles. The minimum absolute atomic E-state index is 0.0325. The summed E-state index contributed by atoms with van der Waals surface area (Å²) in [5.41, 5.74) is 4.78. The number of morpholine rings is 1. The van der Waals surface area contributed by atoms with Gasteiger partial charge in [0.25, 0.3) is 0 Å². The van der Waals surface area contributed by atoms with Crippen LogP contribution in [0.25, 0.3) is 5.70 Å². The molecule has 152 valence electrons. The maximum atomic E-state index is 12.5. The van der Waals surface area contributed by atoms with E-state index < -0.39 is 0 Å². The summed E-state index contributed by atoms with van der Waals surface area (Å²) in [4.78, 5) is 14.8. The van der Waals surface area contributed by atoms with Crippen molar-refractivity contribution in [3.8, 4) is 0 Å². The Bertz CT molecular complexity index is 1080. The molecule has 0 spiro atoms. The fourth-order valence-corrected chi connectivity index (χ4v) is 4.94. The second kappa shape index (κ2) is 7.58. The molecule has 2 aliphatic rings. The first-order valence-electron chi connectivity index (χ1n) is 10.4. The average Bonchev–Trinajstić information content (AvgIpc) is 2.80. The molecule has 2 atom stereocenters. The number of fused-ring (bicyclic) bond motifs is 2. The van der Waals surface area contributed by atoms with E-state index in [1.165, 1.54) is 17.3 Å². The molecule has 3 aromatic rings. The monoisotopic (exact) mass is 399 g/mol. The smallest absolute Gasteiger partial charge is 0.203 e. The van der Waals surface area contributed by atoms with Gasteiger partial charge in [0.15, 0.2) is 0 Å². The molecule has 2 unspecified atom stereocenters. The molecule has 5 rings (SSSR count). The van der Waals surface area contributed by atoms with Crippen LogP contribution < -0.4 is 5.43 Å². The summed E-state index contributed by atoms with van der Waals surface area (Å²) in [6, 6.07) is 21.1. The van der Waals surface area contributed by atoms with Crippen molar-refractivity contribution in [2.45, 2.75) is 24.9 Å². The van der Waals surface area contributed by atoms with E-state index in [1.807, 2.05) is 23.7 Å². The van der Waals surface area contributed by atoms with E-state index >= 15 is 0 Å². The molecule has 1 fully saturated rings. The number of hydrogen-bond donors (Lipinski definition) is 0. The number of rotatable bonds is 3. The molecular weight excluding hydrogens is 374 g/mol.